The van der Waals surface area contributed by atoms with E-state index in [2.05, 4.69) is 4.98 Å². The van der Waals surface area contributed by atoms with Gasteiger partial charge in [-0.3, -0.25) is 4.98 Å². The molecule has 1 rings (SSSR count). The van der Waals surface area contributed by atoms with Crippen molar-refractivity contribution in [2.45, 2.75) is 25.3 Å². The van der Waals surface area contributed by atoms with E-state index in [0.717, 1.165) is 11.3 Å². The predicted octanol–water partition coefficient (Wildman–Crippen LogP) is 2.01. The van der Waals surface area contributed by atoms with Crippen molar-refractivity contribution in [3.05, 3.63) is 29.6 Å². The van der Waals surface area contributed by atoms with Crippen molar-refractivity contribution in [3.63, 3.8) is 0 Å². The average molecular weight is 185 g/mol. The van der Waals surface area contributed by atoms with E-state index in [1.165, 1.54) is 0 Å². The maximum atomic E-state index is 5.91. The highest BCUT2D eigenvalue weighted by atomic mass is 35.5. The summed E-state index contributed by atoms with van der Waals surface area (Å²) >= 11 is 5.65. The maximum Gasteiger partial charge on any atom is 0.0647 e. The van der Waals surface area contributed by atoms with Crippen LogP contribution in [0.25, 0.3) is 0 Å². The van der Waals surface area contributed by atoms with Crippen LogP contribution in [0.3, 0.4) is 0 Å². The van der Waals surface area contributed by atoms with Crippen LogP contribution in [0.15, 0.2) is 18.3 Å². The molecule has 1 heterocycles. The lowest BCUT2D eigenvalue weighted by Gasteiger charge is -2.19. The Morgan fingerprint density at radius 3 is 2.75 bits per heavy atom. The topological polar surface area (TPSA) is 38.9 Å². The highest BCUT2D eigenvalue weighted by Gasteiger charge is 2.13. The first-order valence-corrected chi connectivity index (χ1v) is 4.38. The van der Waals surface area contributed by atoms with Crippen molar-refractivity contribution in [2.24, 2.45) is 5.73 Å². The van der Waals surface area contributed by atoms with Crippen molar-refractivity contribution in [3.8, 4) is 0 Å². The number of nitrogens with zero attached hydrogens (tertiary/aromatic N) is 1. The van der Waals surface area contributed by atoms with Gasteiger partial charge in [-0.25, -0.2) is 0 Å². The summed E-state index contributed by atoms with van der Waals surface area (Å²) in [5, 5.41) is 0. The zero-order valence-corrected chi connectivity index (χ0v) is 8.10. The number of rotatable bonds is 2. The van der Waals surface area contributed by atoms with Gasteiger partial charge in [-0.15, -0.1) is 11.6 Å². The third-order valence-corrected chi connectivity index (χ3v) is 1.97. The molecule has 0 aliphatic rings. The third kappa shape index (κ3) is 2.19. The van der Waals surface area contributed by atoms with Gasteiger partial charge < -0.3 is 5.73 Å². The molecular formula is C9H13ClN2. The van der Waals surface area contributed by atoms with Gasteiger partial charge in [0.2, 0.25) is 0 Å². The molecule has 0 spiro atoms. The van der Waals surface area contributed by atoms with Crippen molar-refractivity contribution < 1.29 is 0 Å². The second-order valence-corrected chi connectivity index (χ2v) is 3.66. The van der Waals surface area contributed by atoms with Gasteiger partial charge in [-0.2, -0.15) is 0 Å². The fourth-order valence-electron chi connectivity index (χ4n) is 0.952. The Labute approximate surface area is 77.8 Å². The van der Waals surface area contributed by atoms with Crippen LogP contribution in [0.5, 0.6) is 0 Å². The van der Waals surface area contributed by atoms with E-state index in [0.29, 0.717) is 5.88 Å². The minimum atomic E-state index is -0.316. The molecule has 0 radical (unpaired) electrons. The lowest BCUT2D eigenvalue weighted by molar-refractivity contribution is 0.553. The van der Waals surface area contributed by atoms with Crippen molar-refractivity contribution in [1.82, 2.24) is 4.98 Å². The van der Waals surface area contributed by atoms with Crippen LogP contribution in [-0.4, -0.2) is 4.98 Å². The minimum absolute atomic E-state index is 0.316. The highest BCUT2D eigenvalue weighted by molar-refractivity contribution is 6.16. The van der Waals surface area contributed by atoms with Crippen molar-refractivity contribution in [1.29, 1.82) is 0 Å². The first-order valence-electron chi connectivity index (χ1n) is 3.84. The predicted molar refractivity (Wildman–Crippen MR) is 51.0 cm³/mol. The third-order valence-electron chi connectivity index (χ3n) is 1.70. The molecule has 1 aromatic rings. The zero-order valence-electron chi connectivity index (χ0n) is 7.34. The van der Waals surface area contributed by atoms with Gasteiger partial charge in [0.05, 0.1) is 11.6 Å². The molecule has 0 aliphatic carbocycles. The molecule has 0 bridgehead atoms. The van der Waals surface area contributed by atoms with E-state index in [9.17, 15) is 0 Å². The Kier molecular flexibility index (Phi) is 2.70. The van der Waals surface area contributed by atoms with E-state index in [4.69, 9.17) is 17.3 Å². The summed E-state index contributed by atoms with van der Waals surface area (Å²) in [7, 11) is 0. The Balaban J connectivity index is 3.02. The smallest absolute Gasteiger partial charge is 0.0647 e. The zero-order chi connectivity index (χ0) is 9.19. The maximum absolute atomic E-state index is 5.91. The largest absolute Gasteiger partial charge is 0.322 e. The molecule has 3 heteroatoms. The van der Waals surface area contributed by atoms with Crippen LogP contribution >= 0.6 is 11.6 Å². The van der Waals surface area contributed by atoms with Crippen molar-refractivity contribution in [2.75, 3.05) is 0 Å². The molecule has 2 nitrogen and oxygen atoms in total. The fourth-order valence-corrected chi connectivity index (χ4v) is 1.10. The molecule has 2 N–H and O–H groups in total. The Bertz CT molecular complexity index is 265. The Morgan fingerprint density at radius 2 is 2.25 bits per heavy atom. The summed E-state index contributed by atoms with van der Waals surface area (Å²) in [6.07, 6.45) is 1.74. The van der Waals surface area contributed by atoms with Crippen LogP contribution < -0.4 is 5.73 Å². The lowest BCUT2D eigenvalue weighted by atomic mass is 9.96. The molecule has 0 amide bonds. The SMILES string of the molecule is CC(C)(N)c1ccnc(CCl)c1. The quantitative estimate of drug-likeness (QED) is 0.715. The number of nitrogens with two attached hydrogens (primary N) is 1. The van der Waals surface area contributed by atoms with E-state index in [1.54, 1.807) is 6.20 Å². The first-order chi connectivity index (χ1) is 5.54. The standard InChI is InChI=1S/C9H13ClN2/c1-9(2,11)7-3-4-12-8(5-7)6-10/h3-5H,6,11H2,1-2H3. The second kappa shape index (κ2) is 3.42. The Hall–Kier alpha value is -0.600. The van der Waals surface area contributed by atoms with E-state index in [-0.39, 0.29) is 5.54 Å². The molecule has 12 heavy (non-hydrogen) atoms. The molecule has 0 aliphatic heterocycles. The summed E-state index contributed by atoms with van der Waals surface area (Å²) in [5.74, 6) is 0.434. The van der Waals surface area contributed by atoms with E-state index in [1.807, 2.05) is 26.0 Å². The summed E-state index contributed by atoms with van der Waals surface area (Å²) in [6.45, 7) is 3.92. The number of halogens is 1. The van der Waals surface area contributed by atoms with Gasteiger partial charge in [-0.05, 0) is 31.5 Å². The van der Waals surface area contributed by atoms with Crippen LogP contribution in [0.2, 0.25) is 0 Å². The summed E-state index contributed by atoms with van der Waals surface area (Å²) < 4.78 is 0. The molecule has 0 saturated carbocycles. The highest BCUT2D eigenvalue weighted by Crippen LogP contribution is 2.16. The van der Waals surface area contributed by atoms with Gasteiger partial charge in [0.25, 0.3) is 0 Å². The first kappa shape index (κ1) is 9.49. The molecule has 66 valence electrons. The average Bonchev–Trinajstić information content (AvgIpc) is 2.03. The molecule has 0 fully saturated rings. The second-order valence-electron chi connectivity index (χ2n) is 3.39. The number of hydrogen-bond donors (Lipinski definition) is 1. The van der Waals surface area contributed by atoms with Gasteiger partial charge in [0, 0.05) is 11.7 Å². The Morgan fingerprint density at radius 1 is 1.58 bits per heavy atom. The van der Waals surface area contributed by atoms with Gasteiger partial charge in [0.15, 0.2) is 0 Å². The number of aromatic nitrogens is 1. The minimum Gasteiger partial charge on any atom is -0.322 e. The summed E-state index contributed by atoms with van der Waals surface area (Å²) in [6, 6.07) is 3.85. The molecule has 0 saturated heterocycles. The molecule has 0 aromatic carbocycles. The molecule has 1 aromatic heterocycles. The van der Waals surface area contributed by atoms with Crippen LogP contribution in [0.1, 0.15) is 25.1 Å². The molecular weight excluding hydrogens is 172 g/mol. The van der Waals surface area contributed by atoms with Crippen molar-refractivity contribution >= 4 is 11.6 Å². The normalized spacial score (nSPS) is 11.7. The van der Waals surface area contributed by atoms with E-state index >= 15 is 0 Å². The van der Waals surface area contributed by atoms with Gasteiger partial charge in [-0.1, -0.05) is 0 Å². The van der Waals surface area contributed by atoms with Gasteiger partial charge >= 0.3 is 0 Å². The lowest BCUT2D eigenvalue weighted by Crippen LogP contribution is -2.28. The monoisotopic (exact) mass is 184 g/mol. The number of pyridine rings is 1. The number of hydrogen-bond acceptors (Lipinski definition) is 2. The molecule has 0 unspecified atom stereocenters. The van der Waals surface area contributed by atoms with Crippen LogP contribution in [0.4, 0.5) is 0 Å². The van der Waals surface area contributed by atoms with Crippen LogP contribution in [0, 0.1) is 0 Å². The van der Waals surface area contributed by atoms with Crippen LogP contribution in [-0.2, 0) is 11.4 Å². The summed E-state index contributed by atoms with van der Waals surface area (Å²) in [5.41, 5.74) is 7.53. The fraction of sp³-hybridized carbons (Fsp3) is 0.444. The summed E-state index contributed by atoms with van der Waals surface area (Å²) in [4.78, 5) is 4.08. The molecule has 0 atom stereocenters. The van der Waals surface area contributed by atoms with Gasteiger partial charge in [0.1, 0.15) is 0 Å². The number of alkyl halides is 1. The van der Waals surface area contributed by atoms with E-state index < -0.39 is 0 Å².